The van der Waals surface area contributed by atoms with Crippen molar-refractivity contribution in [2.24, 2.45) is 5.73 Å². The Morgan fingerprint density at radius 1 is 1.39 bits per heavy atom. The fourth-order valence-electron chi connectivity index (χ4n) is 2.66. The van der Waals surface area contributed by atoms with Crippen molar-refractivity contribution < 1.29 is 14.6 Å². The second kappa shape index (κ2) is 3.93. The summed E-state index contributed by atoms with van der Waals surface area (Å²) in [6.07, 6.45) is 1.92. The number of ether oxygens (including phenoxy) is 2. The molecule has 3 rings (SSSR count). The average Bonchev–Trinajstić information content (AvgIpc) is 3.12. The molecule has 98 valence electrons. The van der Waals surface area contributed by atoms with E-state index in [-0.39, 0.29) is 17.2 Å². The summed E-state index contributed by atoms with van der Waals surface area (Å²) in [6, 6.07) is 1.48. The zero-order valence-electron chi connectivity index (χ0n) is 10.2. The van der Waals surface area contributed by atoms with Gasteiger partial charge in [0.1, 0.15) is 19.0 Å². The lowest BCUT2D eigenvalue weighted by Crippen LogP contribution is -2.33. The van der Waals surface area contributed by atoms with E-state index in [0.717, 1.165) is 18.4 Å². The lowest BCUT2D eigenvalue weighted by Gasteiger charge is -2.28. The molecule has 1 aromatic carbocycles. The Bertz CT molecular complexity index is 497. The highest BCUT2D eigenvalue weighted by atomic mass is 35.5. The molecule has 0 amide bonds. The quantitative estimate of drug-likeness (QED) is 0.864. The Morgan fingerprint density at radius 3 is 2.67 bits per heavy atom. The standard InChI is InChI=1S/C13H16ClNO3/c1-7(15)13(2-3-13)10-11(14)8(16)6-9-12(10)18-5-4-17-9/h6-7,16H,2-5,15H2,1H3. The van der Waals surface area contributed by atoms with Crippen molar-refractivity contribution in [3.63, 3.8) is 0 Å². The molecule has 2 aliphatic rings. The Morgan fingerprint density at radius 2 is 2.06 bits per heavy atom. The van der Waals surface area contributed by atoms with Gasteiger partial charge in [0.2, 0.25) is 0 Å². The highest BCUT2D eigenvalue weighted by Gasteiger charge is 2.51. The summed E-state index contributed by atoms with van der Waals surface area (Å²) in [6.45, 7) is 2.94. The largest absolute Gasteiger partial charge is 0.506 e. The zero-order chi connectivity index (χ0) is 12.9. The maximum Gasteiger partial charge on any atom is 0.166 e. The van der Waals surface area contributed by atoms with Crippen LogP contribution in [0.2, 0.25) is 5.02 Å². The number of phenols is 1. The minimum Gasteiger partial charge on any atom is -0.506 e. The second-order valence-electron chi connectivity index (χ2n) is 5.05. The van der Waals surface area contributed by atoms with Gasteiger partial charge in [-0.3, -0.25) is 0 Å². The van der Waals surface area contributed by atoms with E-state index in [4.69, 9.17) is 26.8 Å². The summed E-state index contributed by atoms with van der Waals surface area (Å²) < 4.78 is 11.2. The first-order valence-corrected chi connectivity index (χ1v) is 6.51. The summed E-state index contributed by atoms with van der Waals surface area (Å²) in [5.74, 6) is 1.24. The molecular formula is C13H16ClNO3. The van der Waals surface area contributed by atoms with Gasteiger partial charge < -0.3 is 20.3 Å². The van der Waals surface area contributed by atoms with Crippen molar-refractivity contribution in [2.45, 2.75) is 31.2 Å². The predicted octanol–water partition coefficient (Wildman–Crippen LogP) is 2.20. The molecule has 1 atom stereocenters. The topological polar surface area (TPSA) is 64.7 Å². The Balaban J connectivity index is 2.21. The van der Waals surface area contributed by atoms with Gasteiger partial charge in [-0.25, -0.2) is 0 Å². The summed E-state index contributed by atoms with van der Waals surface area (Å²) in [5.41, 5.74) is 6.71. The third-order valence-corrected chi connectivity index (χ3v) is 4.29. The number of hydrogen-bond donors (Lipinski definition) is 2. The number of hydrogen-bond acceptors (Lipinski definition) is 4. The van der Waals surface area contributed by atoms with Gasteiger partial charge in [-0.2, -0.15) is 0 Å². The van der Waals surface area contributed by atoms with Crippen LogP contribution in [0.3, 0.4) is 0 Å². The maximum atomic E-state index is 9.92. The number of halogens is 1. The lowest BCUT2D eigenvalue weighted by atomic mass is 9.88. The summed E-state index contributed by atoms with van der Waals surface area (Å²) in [5, 5.41) is 10.3. The van der Waals surface area contributed by atoms with Crippen LogP contribution in [0, 0.1) is 0 Å². The van der Waals surface area contributed by atoms with E-state index in [1.807, 2.05) is 6.92 Å². The minimum atomic E-state index is -0.180. The van der Waals surface area contributed by atoms with Crippen molar-refractivity contribution in [1.29, 1.82) is 0 Å². The molecule has 1 aliphatic carbocycles. The molecule has 0 aromatic heterocycles. The number of aromatic hydroxyl groups is 1. The van der Waals surface area contributed by atoms with Crippen molar-refractivity contribution in [3.05, 3.63) is 16.7 Å². The number of fused-ring (bicyclic) bond motifs is 1. The van der Waals surface area contributed by atoms with Gasteiger partial charge in [0, 0.05) is 23.1 Å². The molecule has 1 saturated carbocycles. The lowest BCUT2D eigenvalue weighted by molar-refractivity contribution is 0.167. The van der Waals surface area contributed by atoms with Gasteiger partial charge in [0.05, 0.1) is 5.02 Å². The molecule has 1 fully saturated rings. The van der Waals surface area contributed by atoms with Gasteiger partial charge >= 0.3 is 0 Å². The van der Waals surface area contributed by atoms with Crippen molar-refractivity contribution in [1.82, 2.24) is 0 Å². The maximum absolute atomic E-state index is 9.92. The summed E-state index contributed by atoms with van der Waals surface area (Å²) in [7, 11) is 0. The van der Waals surface area contributed by atoms with Crippen LogP contribution in [-0.4, -0.2) is 24.4 Å². The van der Waals surface area contributed by atoms with Gasteiger partial charge in [0.25, 0.3) is 0 Å². The van der Waals surface area contributed by atoms with Crippen molar-refractivity contribution in [2.75, 3.05) is 13.2 Å². The van der Waals surface area contributed by atoms with Gasteiger partial charge in [-0.15, -0.1) is 0 Å². The number of benzene rings is 1. The van der Waals surface area contributed by atoms with Crippen LogP contribution in [0.5, 0.6) is 17.2 Å². The van der Waals surface area contributed by atoms with Crippen LogP contribution in [0.15, 0.2) is 6.07 Å². The molecule has 0 bridgehead atoms. The van der Waals surface area contributed by atoms with Crippen LogP contribution >= 0.6 is 11.6 Å². The van der Waals surface area contributed by atoms with Crippen molar-refractivity contribution >= 4 is 11.6 Å². The number of phenolic OH excluding ortho intramolecular Hbond substituents is 1. The van der Waals surface area contributed by atoms with E-state index in [9.17, 15) is 5.11 Å². The highest BCUT2D eigenvalue weighted by Crippen LogP contribution is 2.59. The van der Waals surface area contributed by atoms with E-state index in [0.29, 0.717) is 29.7 Å². The molecule has 1 aromatic rings. The van der Waals surface area contributed by atoms with Crippen molar-refractivity contribution in [3.8, 4) is 17.2 Å². The fourth-order valence-corrected chi connectivity index (χ4v) is 2.99. The Labute approximate surface area is 111 Å². The minimum absolute atomic E-state index is 0.0304. The third kappa shape index (κ3) is 1.56. The third-order valence-electron chi connectivity index (χ3n) is 3.91. The van der Waals surface area contributed by atoms with Gasteiger partial charge in [0.15, 0.2) is 11.5 Å². The molecule has 1 aliphatic heterocycles. The molecule has 1 unspecified atom stereocenters. The van der Waals surface area contributed by atoms with Crippen LogP contribution < -0.4 is 15.2 Å². The van der Waals surface area contributed by atoms with E-state index in [1.165, 1.54) is 6.07 Å². The molecule has 3 N–H and O–H groups in total. The molecule has 0 radical (unpaired) electrons. The smallest absolute Gasteiger partial charge is 0.166 e. The van der Waals surface area contributed by atoms with E-state index >= 15 is 0 Å². The van der Waals surface area contributed by atoms with Gasteiger partial charge in [-0.05, 0) is 19.8 Å². The first-order chi connectivity index (χ1) is 8.56. The monoisotopic (exact) mass is 269 g/mol. The average molecular weight is 270 g/mol. The molecule has 0 saturated heterocycles. The normalized spacial score (nSPS) is 21.5. The number of nitrogens with two attached hydrogens (primary N) is 1. The zero-order valence-corrected chi connectivity index (χ0v) is 11.0. The number of rotatable bonds is 2. The van der Waals surface area contributed by atoms with Crippen LogP contribution in [0.25, 0.3) is 0 Å². The first kappa shape index (κ1) is 11.9. The second-order valence-corrected chi connectivity index (χ2v) is 5.43. The summed E-state index contributed by atoms with van der Waals surface area (Å²) in [4.78, 5) is 0. The predicted molar refractivity (Wildman–Crippen MR) is 68.7 cm³/mol. The van der Waals surface area contributed by atoms with Crippen LogP contribution in [-0.2, 0) is 5.41 Å². The molecular weight excluding hydrogens is 254 g/mol. The van der Waals surface area contributed by atoms with Crippen LogP contribution in [0.1, 0.15) is 25.3 Å². The SMILES string of the molecule is CC(N)C1(c2c(Cl)c(O)cc3c2OCCO3)CC1. The molecule has 0 spiro atoms. The van der Waals surface area contributed by atoms with Crippen LogP contribution in [0.4, 0.5) is 0 Å². The molecule has 5 heteroatoms. The molecule has 1 heterocycles. The summed E-state index contributed by atoms with van der Waals surface area (Å²) >= 11 is 6.26. The van der Waals surface area contributed by atoms with E-state index in [1.54, 1.807) is 0 Å². The van der Waals surface area contributed by atoms with E-state index in [2.05, 4.69) is 0 Å². The molecule has 18 heavy (non-hydrogen) atoms. The fraction of sp³-hybridized carbons (Fsp3) is 0.538. The van der Waals surface area contributed by atoms with Gasteiger partial charge in [-0.1, -0.05) is 11.6 Å². The highest BCUT2D eigenvalue weighted by molar-refractivity contribution is 6.33. The van der Waals surface area contributed by atoms with E-state index < -0.39 is 0 Å². The first-order valence-electron chi connectivity index (χ1n) is 6.13. The molecule has 4 nitrogen and oxygen atoms in total. The Hall–Kier alpha value is -1.13. The Kier molecular flexibility index (Phi) is 2.61.